The Morgan fingerprint density at radius 3 is 2.21 bits per heavy atom. The first-order valence-electron chi connectivity index (χ1n) is 13.3. The summed E-state index contributed by atoms with van der Waals surface area (Å²) in [6.45, 7) is 5.10. The van der Waals surface area contributed by atoms with Crippen LogP contribution in [0.4, 0.5) is 5.69 Å². The number of rotatable bonds is 13. The molecule has 0 saturated heterocycles. The number of anilines is 1. The molecule has 1 atom stereocenters. The first-order valence-corrected chi connectivity index (χ1v) is 15.4. The number of aryl methyl sites for hydroxylation is 1. The third kappa shape index (κ3) is 7.87. The van der Waals surface area contributed by atoms with Crippen molar-refractivity contribution in [1.82, 2.24) is 10.2 Å². The van der Waals surface area contributed by atoms with Gasteiger partial charge in [-0.15, -0.1) is 0 Å². The smallest absolute Gasteiger partial charge is 0.264 e. The minimum atomic E-state index is -4.25. The van der Waals surface area contributed by atoms with Crippen molar-refractivity contribution in [1.29, 1.82) is 0 Å². The largest absolute Gasteiger partial charge is 0.493 e. The van der Waals surface area contributed by atoms with Gasteiger partial charge >= 0.3 is 0 Å². The second-order valence-corrected chi connectivity index (χ2v) is 12.3. The summed E-state index contributed by atoms with van der Waals surface area (Å²) in [5.41, 5.74) is 1.60. The molecule has 12 heteroatoms. The maximum absolute atomic E-state index is 14.1. The maximum atomic E-state index is 14.1. The van der Waals surface area contributed by atoms with Crippen molar-refractivity contribution >= 4 is 50.7 Å². The zero-order valence-corrected chi connectivity index (χ0v) is 26.5. The quantitative estimate of drug-likeness (QED) is 0.267. The molecule has 1 N–H and O–H groups in total. The third-order valence-electron chi connectivity index (χ3n) is 6.62. The number of benzene rings is 3. The second-order valence-electron chi connectivity index (χ2n) is 9.59. The molecule has 0 aromatic heterocycles. The number of amides is 2. The minimum Gasteiger partial charge on any atom is -0.493 e. The molecule has 0 bridgehead atoms. The van der Waals surface area contributed by atoms with Crippen LogP contribution in [0.3, 0.4) is 0 Å². The van der Waals surface area contributed by atoms with Crippen LogP contribution in [0, 0.1) is 6.92 Å². The second kappa shape index (κ2) is 14.6. The van der Waals surface area contributed by atoms with Crippen molar-refractivity contribution in [2.24, 2.45) is 0 Å². The highest BCUT2D eigenvalue weighted by molar-refractivity contribution is 7.92. The average Bonchev–Trinajstić information content (AvgIpc) is 2.97. The molecule has 0 aliphatic heterocycles. The number of hydrogen-bond acceptors (Lipinski definition) is 6. The SMILES string of the molecule is CCCNC(=O)C(C)N(Cc1ccc(Cl)cc1Cl)C(=O)CN(c1ccc(OC)c(OC)c1)S(=O)(=O)c1ccc(C)cc1. The number of hydrogen-bond donors (Lipinski definition) is 1. The highest BCUT2D eigenvalue weighted by Gasteiger charge is 2.33. The Morgan fingerprint density at radius 2 is 1.62 bits per heavy atom. The standard InChI is InChI=1S/C30H35Cl2N3O6S/c1-6-15-33-30(37)21(3)34(18-22-9-10-23(31)16-26(22)32)29(36)19-35(24-11-14-27(40-4)28(17-24)41-5)42(38,39)25-12-7-20(2)8-13-25/h7-14,16-17,21H,6,15,18-19H2,1-5H3,(H,33,37). The predicted octanol–water partition coefficient (Wildman–Crippen LogP) is 5.46. The topological polar surface area (TPSA) is 105 Å². The monoisotopic (exact) mass is 635 g/mol. The number of halogens is 2. The number of nitrogens with zero attached hydrogens (tertiary/aromatic N) is 2. The minimum absolute atomic E-state index is 0.00304. The van der Waals surface area contributed by atoms with Crippen LogP contribution in [0.2, 0.25) is 10.0 Å². The van der Waals surface area contributed by atoms with Crippen molar-refractivity contribution in [3.63, 3.8) is 0 Å². The lowest BCUT2D eigenvalue weighted by atomic mass is 10.1. The molecule has 2 amide bonds. The van der Waals surface area contributed by atoms with Crippen LogP contribution in [0.1, 0.15) is 31.4 Å². The molecular weight excluding hydrogens is 601 g/mol. The molecule has 0 radical (unpaired) electrons. The highest BCUT2D eigenvalue weighted by Crippen LogP contribution is 2.34. The summed E-state index contributed by atoms with van der Waals surface area (Å²) >= 11 is 12.5. The molecule has 9 nitrogen and oxygen atoms in total. The van der Waals surface area contributed by atoms with E-state index < -0.39 is 28.5 Å². The molecule has 3 rings (SSSR count). The maximum Gasteiger partial charge on any atom is 0.264 e. The Kier molecular flexibility index (Phi) is 11.5. The normalized spacial score (nSPS) is 11.9. The molecular formula is C30H35Cl2N3O6S. The Morgan fingerprint density at radius 1 is 0.952 bits per heavy atom. The zero-order chi connectivity index (χ0) is 31.0. The summed E-state index contributed by atoms with van der Waals surface area (Å²) in [7, 11) is -1.35. The molecule has 3 aromatic carbocycles. The van der Waals surface area contributed by atoms with Gasteiger partial charge in [-0.25, -0.2) is 8.42 Å². The Labute approximate surface area is 257 Å². The van der Waals surface area contributed by atoms with Gasteiger partial charge in [0.05, 0.1) is 24.8 Å². The van der Waals surface area contributed by atoms with Crippen LogP contribution in [-0.4, -0.2) is 58.5 Å². The number of methoxy groups -OCH3 is 2. The van der Waals surface area contributed by atoms with E-state index in [0.717, 1.165) is 9.87 Å². The predicted molar refractivity (Wildman–Crippen MR) is 165 cm³/mol. The molecule has 0 aliphatic rings. The van der Waals surface area contributed by atoms with E-state index >= 15 is 0 Å². The molecule has 1 unspecified atom stereocenters. The van der Waals surface area contributed by atoms with E-state index in [4.69, 9.17) is 32.7 Å². The van der Waals surface area contributed by atoms with E-state index in [2.05, 4.69) is 5.32 Å². The Balaban J connectivity index is 2.10. The molecule has 0 aliphatic carbocycles. The number of nitrogens with one attached hydrogen (secondary N) is 1. The molecule has 0 spiro atoms. The van der Waals surface area contributed by atoms with Gasteiger partial charge in [0, 0.05) is 29.2 Å². The Hall–Kier alpha value is -3.47. The van der Waals surface area contributed by atoms with E-state index in [-0.39, 0.29) is 28.8 Å². The van der Waals surface area contributed by atoms with E-state index in [0.29, 0.717) is 34.3 Å². The van der Waals surface area contributed by atoms with E-state index in [1.54, 1.807) is 43.3 Å². The van der Waals surface area contributed by atoms with Gasteiger partial charge in [-0.2, -0.15) is 0 Å². The zero-order valence-electron chi connectivity index (χ0n) is 24.2. The fourth-order valence-corrected chi connectivity index (χ4v) is 6.03. The van der Waals surface area contributed by atoms with Crippen molar-refractivity contribution in [2.45, 2.75) is 44.7 Å². The summed E-state index contributed by atoms with van der Waals surface area (Å²) in [6.07, 6.45) is 0.706. The van der Waals surface area contributed by atoms with Crippen LogP contribution in [0.15, 0.2) is 65.6 Å². The van der Waals surface area contributed by atoms with Gasteiger partial charge in [-0.05, 0) is 62.2 Å². The molecule has 0 fully saturated rings. The highest BCUT2D eigenvalue weighted by atomic mass is 35.5. The summed E-state index contributed by atoms with van der Waals surface area (Å²) in [6, 6.07) is 14.8. The van der Waals surface area contributed by atoms with Gasteiger partial charge in [0.2, 0.25) is 11.8 Å². The van der Waals surface area contributed by atoms with Crippen molar-refractivity contribution in [2.75, 3.05) is 31.6 Å². The van der Waals surface area contributed by atoms with Crippen molar-refractivity contribution in [3.05, 3.63) is 81.8 Å². The van der Waals surface area contributed by atoms with Crippen molar-refractivity contribution < 1.29 is 27.5 Å². The van der Waals surface area contributed by atoms with E-state index in [1.807, 2.05) is 13.8 Å². The van der Waals surface area contributed by atoms with Crippen LogP contribution in [0.5, 0.6) is 11.5 Å². The summed E-state index contributed by atoms with van der Waals surface area (Å²) in [5, 5.41) is 3.53. The fourth-order valence-electron chi connectivity index (χ4n) is 4.16. The van der Waals surface area contributed by atoms with E-state index in [1.165, 1.54) is 43.4 Å². The number of carbonyl (C=O) groups is 2. The molecule has 42 heavy (non-hydrogen) atoms. The van der Waals surface area contributed by atoms with Gasteiger partial charge in [-0.1, -0.05) is 53.9 Å². The van der Waals surface area contributed by atoms with Crippen LogP contribution >= 0.6 is 23.2 Å². The van der Waals surface area contributed by atoms with Crippen molar-refractivity contribution in [3.8, 4) is 11.5 Å². The molecule has 0 saturated carbocycles. The average molecular weight is 637 g/mol. The number of ether oxygens (including phenoxy) is 2. The third-order valence-corrected chi connectivity index (χ3v) is 8.99. The Bertz CT molecular complexity index is 1520. The molecule has 3 aromatic rings. The van der Waals surface area contributed by atoms with Gasteiger partial charge in [0.15, 0.2) is 11.5 Å². The van der Waals surface area contributed by atoms with Crippen LogP contribution < -0.4 is 19.1 Å². The first kappa shape index (κ1) is 33.0. The summed E-state index contributed by atoms with van der Waals surface area (Å²) in [4.78, 5) is 28.4. The lowest BCUT2D eigenvalue weighted by Crippen LogP contribution is -2.51. The lowest BCUT2D eigenvalue weighted by Gasteiger charge is -2.32. The van der Waals surface area contributed by atoms with E-state index in [9.17, 15) is 18.0 Å². The van der Waals surface area contributed by atoms with Gasteiger partial charge in [0.1, 0.15) is 12.6 Å². The van der Waals surface area contributed by atoms with Crippen LogP contribution in [0.25, 0.3) is 0 Å². The van der Waals surface area contributed by atoms with Gasteiger partial charge < -0.3 is 19.7 Å². The fraction of sp³-hybridized carbons (Fsp3) is 0.333. The molecule has 0 heterocycles. The number of sulfonamides is 1. The summed E-state index contributed by atoms with van der Waals surface area (Å²) in [5.74, 6) is -0.330. The molecule has 226 valence electrons. The van der Waals surface area contributed by atoms with Crippen LogP contribution in [-0.2, 0) is 26.2 Å². The number of carbonyl (C=O) groups excluding carboxylic acids is 2. The van der Waals surface area contributed by atoms with Gasteiger partial charge in [0.25, 0.3) is 10.0 Å². The summed E-state index contributed by atoms with van der Waals surface area (Å²) < 4.78 is 39.8. The lowest BCUT2D eigenvalue weighted by molar-refractivity contribution is -0.139. The van der Waals surface area contributed by atoms with Gasteiger partial charge in [-0.3, -0.25) is 13.9 Å². The first-order chi connectivity index (χ1) is 19.9.